The maximum atomic E-state index is 3.77. The standard InChI is InChI=1S/C11H21N/c1-5-8-9-12(4)10-11(6-2)7-3/h6-7H,2,5,8-10H2,1,3-4H3/b11-7+. The summed E-state index contributed by atoms with van der Waals surface area (Å²) in [7, 11) is 2.16. The second-order valence-corrected chi connectivity index (χ2v) is 3.16. The van der Waals surface area contributed by atoms with Gasteiger partial charge in [-0.25, -0.2) is 0 Å². The van der Waals surface area contributed by atoms with Gasteiger partial charge in [0.2, 0.25) is 0 Å². The van der Waals surface area contributed by atoms with Crippen LogP contribution >= 0.6 is 0 Å². The van der Waals surface area contributed by atoms with Crippen LogP contribution in [0.25, 0.3) is 0 Å². The topological polar surface area (TPSA) is 3.24 Å². The van der Waals surface area contributed by atoms with Crippen LogP contribution in [-0.4, -0.2) is 25.0 Å². The van der Waals surface area contributed by atoms with Crippen LogP contribution in [0.5, 0.6) is 0 Å². The predicted molar refractivity (Wildman–Crippen MR) is 56.4 cm³/mol. The van der Waals surface area contributed by atoms with Crippen LogP contribution < -0.4 is 0 Å². The Morgan fingerprint density at radius 1 is 1.50 bits per heavy atom. The minimum atomic E-state index is 1.03. The van der Waals surface area contributed by atoms with Crippen molar-refractivity contribution >= 4 is 0 Å². The van der Waals surface area contributed by atoms with Crippen molar-refractivity contribution in [3.05, 3.63) is 24.3 Å². The molecule has 1 heteroatoms. The molecule has 0 saturated heterocycles. The number of hydrogen-bond donors (Lipinski definition) is 0. The van der Waals surface area contributed by atoms with Crippen molar-refractivity contribution in [3.63, 3.8) is 0 Å². The summed E-state index contributed by atoms with van der Waals surface area (Å²) >= 11 is 0. The number of hydrogen-bond acceptors (Lipinski definition) is 1. The van der Waals surface area contributed by atoms with E-state index in [1.54, 1.807) is 0 Å². The highest BCUT2D eigenvalue weighted by molar-refractivity contribution is 5.16. The monoisotopic (exact) mass is 167 g/mol. The number of likely N-dealkylation sites (N-methyl/N-ethyl adjacent to an activating group) is 1. The van der Waals surface area contributed by atoms with Crippen LogP contribution in [-0.2, 0) is 0 Å². The molecule has 0 radical (unpaired) electrons. The summed E-state index contributed by atoms with van der Waals surface area (Å²) in [4.78, 5) is 2.33. The molecule has 70 valence electrons. The van der Waals surface area contributed by atoms with Gasteiger partial charge in [0, 0.05) is 6.54 Å². The van der Waals surface area contributed by atoms with Crippen molar-refractivity contribution in [2.75, 3.05) is 20.1 Å². The van der Waals surface area contributed by atoms with Gasteiger partial charge >= 0.3 is 0 Å². The fourth-order valence-electron chi connectivity index (χ4n) is 1.09. The third-order valence-corrected chi connectivity index (χ3v) is 1.98. The van der Waals surface area contributed by atoms with Crippen LogP contribution in [0.2, 0.25) is 0 Å². The lowest BCUT2D eigenvalue weighted by atomic mass is 10.2. The van der Waals surface area contributed by atoms with E-state index in [0.717, 1.165) is 6.54 Å². The van der Waals surface area contributed by atoms with Gasteiger partial charge in [-0.1, -0.05) is 32.1 Å². The molecule has 0 bridgehead atoms. The number of rotatable bonds is 6. The molecule has 0 spiro atoms. The van der Waals surface area contributed by atoms with Crippen molar-refractivity contribution in [1.82, 2.24) is 4.90 Å². The van der Waals surface area contributed by atoms with Crippen molar-refractivity contribution in [1.29, 1.82) is 0 Å². The molecule has 0 rings (SSSR count). The molecular weight excluding hydrogens is 146 g/mol. The van der Waals surface area contributed by atoms with E-state index in [1.165, 1.54) is 25.0 Å². The Kier molecular flexibility index (Phi) is 6.78. The summed E-state index contributed by atoms with van der Waals surface area (Å²) in [5.41, 5.74) is 1.31. The van der Waals surface area contributed by atoms with E-state index < -0.39 is 0 Å². The van der Waals surface area contributed by atoms with Gasteiger partial charge < -0.3 is 4.90 Å². The molecule has 0 aromatic carbocycles. The van der Waals surface area contributed by atoms with Gasteiger partial charge in [-0.3, -0.25) is 0 Å². The third kappa shape index (κ3) is 5.14. The van der Waals surface area contributed by atoms with E-state index in [1.807, 2.05) is 6.08 Å². The van der Waals surface area contributed by atoms with E-state index in [4.69, 9.17) is 0 Å². The first-order valence-corrected chi connectivity index (χ1v) is 4.70. The normalized spacial score (nSPS) is 12.2. The molecule has 0 unspecified atom stereocenters. The van der Waals surface area contributed by atoms with E-state index in [9.17, 15) is 0 Å². The maximum absolute atomic E-state index is 3.77. The van der Waals surface area contributed by atoms with Gasteiger partial charge in [0.25, 0.3) is 0 Å². The molecule has 0 atom stereocenters. The Labute approximate surface area is 76.8 Å². The van der Waals surface area contributed by atoms with Crippen molar-refractivity contribution in [3.8, 4) is 0 Å². The zero-order valence-electron chi connectivity index (χ0n) is 8.64. The second kappa shape index (κ2) is 7.11. The Morgan fingerprint density at radius 2 is 2.17 bits per heavy atom. The van der Waals surface area contributed by atoms with Gasteiger partial charge in [-0.15, -0.1) is 0 Å². The Hall–Kier alpha value is -0.560. The van der Waals surface area contributed by atoms with Crippen molar-refractivity contribution in [2.24, 2.45) is 0 Å². The lowest BCUT2D eigenvalue weighted by Gasteiger charge is -2.16. The molecule has 0 aromatic rings. The molecular formula is C11H21N. The highest BCUT2D eigenvalue weighted by atomic mass is 15.1. The quantitative estimate of drug-likeness (QED) is 0.550. The molecule has 0 heterocycles. The smallest absolute Gasteiger partial charge is 0.0227 e. The molecule has 0 fully saturated rings. The zero-order valence-corrected chi connectivity index (χ0v) is 8.64. The van der Waals surface area contributed by atoms with Gasteiger partial charge in [-0.05, 0) is 32.5 Å². The van der Waals surface area contributed by atoms with Crippen molar-refractivity contribution < 1.29 is 0 Å². The fourth-order valence-corrected chi connectivity index (χ4v) is 1.09. The summed E-state index contributed by atoms with van der Waals surface area (Å²) in [6, 6.07) is 0. The minimum absolute atomic E-state index is 1.03. The Bertz CT molecular complexity index is 147. The summed E-state index contributed by atoms with van der Waals surface area (Å²) in [6.07, 6.45) is 6.60. The summed E-state index contributed by atoms with van der Waals surface area (Å²) in [5, 5.41) is 0. The summed E-state index contributed by atoms with van der Waals surface area (Å²) < 4.78 is 0. The van der Waals surface area contributed by atoms with Crippen LogP contribution in [0, 0.1) is 0 Å². The molecule has 0 aliphatic heterocycles. The molecule has 0 saturated carbocycles. The summed E-state index contributed by atoms with van der Waals surface area (Å²) in [5.74, 6) is 0. The molecule has 0 amide bonds. The fraction of sp³-hybridized carbons (Fsp3) is 0.636. The highest BCUT2D eigenvalue weighted by Gasteiger charge is 1.97. The van der Waals surface area contributed by atoms with Crippen LogP contribution in [0.15, 0.2) is 24.3 Å². The number of allylic oxidation sites excluding steroid dienone is 1. The van der Waals surface area contributed by atoms with Crippen LogP contribution in [0.1, 0.15) is 26.7 Å². The van der Waals surface area contributed by atoms with Crippen LogP contribution in [0.4, 0.5) is 0 Å². The first-order chi connectivity index (χ1) is 5.74. The second-order valence-electron chi connectivity index (χ2n) is 3.16. The molecule has 0 aliphatic rings. The van der Waals surface area contributed by atoms with Gasteiger partial charge in [0.05, 0.1) is 0 Å². The van der Waals surface area contributed by atoms with E-state index in [0.29, 0.717) is 0 Å². The van der Waals surface area contributed by atoms with Crippen molar-refractivity contribution in [2.45, 2.75) is 26.7 Å². The molecule has 1 nitrogen and oxygen atoms in total. The first-order valence-electron chi connectivity index (χ1n) is 4.70. The average molecular weight is 167 g/mol. The van der Waals surface area contributed by atoms with Crippen LogP contribution in [0.3, 0.4) is 0 Å². The maximum Gasteiger partial charge on any atom is 0.0227 e. The van der Waals surface area contributed by atoms with E-state index >= 15 is 0 Å². The molecule has 0 aromatic heterocycles. The van der Waals surface area contributed by atoms with E-state index in [-0.39, 0.29) is 0 Å². The minimum Gasteiger partial charge on any atom is -0.302 e. The molecule has 0 N–H and O–H groups in total. The lowest BCUT2D eigenvalue weighted by Crippen LogP contribution is -2.21. The van der Waals surface area contributed by atoms with Gasteiger partial charge in [0.15, 0.2) is 0 Å². The largest absolute Gasteiger partial charge is 0.302 e. The summed E-state index contributed by atoms with van der Waals surface area (Å²) in [6.45, 7) is 10.3. The molecule has 12 heavy (non-hydrogen) atoms. The van der Waals surface area contributed by atoms with E-state index in [2.05, 4.69) is 38.5 Å². The Balaban J connectivity index is 3.66. The predicted octanol–water partition coefficient (Wildman–Crippen LogP) is 2.85. The highest BCUT2D eigenvalue weighted by Crippen LogP contribution is 1.99. The number of nitrogens with zero attached hydrogens (tertiary/aromatic N) is 1. The lowest BCUT2D eigenvalue weighted by molar-refractivity contribution is 0.357. The average Bonchev–Trinajstić information content (AvgIpc) is 2.10. The first kappa shape index (κ1) is 11.4. The Morgan fingerprint density at radius 3 is 2.58 bits per heavy atom. The zero-order chi connectivity index (χ0) is 9.40. The van der Waals surface area contributed by atoms with Gasteiger partial charge in [-0.2, -0.15) is 0 Å². The number of unbranched alkanes of at least 4 members (excludes halogenated alkanes) is 1. The molecule has 0 aliphatic carbocycles. The SMILES string of the molecule is C=C/C(=C\C)CN(C)CCCC. The van der Waals surface area contributed by atoms with Gasteiger partial charge in [0.1, 0.15) is 0 Å². The third-order valence-electron chi connectivity index (χ3n) is 1.98.